The Labute approximate surface area is 96.8 Å². The number of hydrogen-bond acceptors (Lipinski definition) is 3. The van der Waals surface area contributed by atoms with Gasteiger partial charge in [-0.2, -0.15) is 0 Å². The zero-order valence-electron chi connectivity index (χ0n) is 9.95. The van der Waals surface area contributed by atoms with Crippen LogP contribution in [0.3, 0.4) is 0 Å². The number of fused-ring (bicyclic) bond motifs is 1. The lowest BCUT2D eigenvalue weighted by Crippen LogP contribution is -2.24. The van der Waals surface area contributed by atoms with Gasteiger partial charge in [-0.3, -0.25) is 0 Å². The number of ether oxygens (including phenoxy) is 2. The Morgan fingerprint density at radius 2 is 2.00 bits per heavy atom. The second-order valence-corrected chi connectivity index (χ2v) is 4.17. The van der Waals surface area contributed by atoms with E-state index in [1.807, 2.05) is 6.07 Å². The van der Waals surface area contributed by atoms with Crippen LogP contribution in [-0.4, -0.2) is 19.3 Å². The average Bonchev–Trinajstić information content (AvgIpc) is 2.35. The van der Waals surface area contributed by atoms with Crippen molar-refractivity contribution in [3.05, 3.63) is 23.8 Å². The number of benzene rings is 1. The topological polar surface area (TPSA) is 30.5 Å². The summed E-state index contributed by atoms with van der Waals surface area (Å²) in [6, 6.07) is 6.68. The summed E-state index contributed by atoms with van der Waals surface area (Å²) < 4.78 is 11.0. The Balaban J connectivity index is 2.00. The molecule has 0 aromatic heterocycles. The highest BCUT2D eigenvalue weighted by molar-refractivity contribution is 5.43. The molecule has 0 fully saturated rings. The first-order chi connectivity index (χ1) is 7.79. The van der Waals surface area contributed by atoms with E-state index in [1.165, 1.54) is 5.56 Å². The minimum Gasteiger partial charge on any atom is -0.486 e. The number of hydrogen-bond donors (Lipinski definition) is 1. The molecule has 0 radical (unpaired) electrons. The van der Waals surface area contributed by atoms with E-state index in [0.717, 1.165) is 24.5 Å². The van der Waals surface area contributed by atoms with E-state index < -0.39 is 0 Å². The highest BCUT2D eigenvalue weighted by Crippen LogP contribution is 2.30. The Morgan fingerprint density at radius 3 is 2.75 bits per heavy atom. The average molecular weight is 221 g/mol. The van der Waals surface area contributed by atoms with Gasteiger partial charge in [0.1, 0.15) is 13.2 Å². The first-order valence-corrected chi connectivity index (χ1v) is 5.91. The predicted molar refractivity (Wildman–Crippen MR) is 64.0 cm³/mol. The standard InChI is InChI=1S/C13H19NO2/c1-3-10(2)14-9-11-4-5-12-13(8-11)16-7-6-15-12/h4-5,8,10,14H,3,6-7,9H2,1-2H3. The molecule has 3 nitrogen and oxygen atoms in total. The summed E-state index contributed by atoms with van der Waals surface area (Å²) in [5.41, 5.74) is 1.24. The first-order valence-electron chi connectivity index (χ1n) is 5.91. The van der Waals surface area contributed by atoms with Gasteiger partial charge in [-0.05, 0) is 31.0 Å². The SMILES string of the molecule is CCC(C)NCc1ccc2c(c1)OCCO2. The Hall–Kier alpha value is -1.22. The van der Waals surface area contributed by atoms with Crippen LogP contribution in [0.25, 0.3) is 0 Å². The van der Waals surface area contributed by atoms with E-state index in [-0.39, 0.29) is 0 Å². The van der Waals surface area contributed by atoms with Gasteiger partial charge >= 0.3 is 0 Å². The lowest BCUT2D eigenvalue weighted by atomic mass is 10.1. The van der Waals surface area contributed by atoms with Crippen LogP contribution < -0.4 is 14.8 Å². The van der Waals surface area contributed by atoms with Crippen molar-refractivity contribution in [1.82, 2.24) is 5.32 Å². The maximum Gasteiger partial charge on any atom is 0.161 e. The third kappa shape index (κ3) is 2.67. The van der Waals surface area contributed by atoms with Gasteiger partial charge in [-0.1, -0.05) is 13.0 Å². The van der Waals surface area contributed by atoms with Crippen LogP contribution in [-0.2, 0) is 6.54 Å². The van der Waals surface area contributed by atoms with Gasteiger partial charge in [0.15, 0.2) is 11.5 Å². The maximum absolute atomic E-state index is 5.54. The van der Waals surface area contributed by atoms with Crippen LogP contribution >= 0.6 is 0 Å². The molecule has 1 atom stereocenters. The molecule has 0 amide bonds. The molecule has 0 saturated heterocycles. The van der Waals surface area contributed by atoms with Crippen molar-refractivity contribution >= 4 is 0 Å². The molecule has 0 spiro atoms. The van der Waals surface area contributed by atoms with Crippen molar-refractivity contribution in [1.29, 1.82) is 0 Å². The minimum absolute atomic E-state index is 0.549. The molecular formula is C13H19NO2. The molecule has 0 aliphatic carbocycles. The van der Waals surface area contributed by atoms with Crippen LogP contribution in [0.1, 0.15) is 25.8 Å². The van der Waals surface area contributed by atoms with Gasteiger partial charge in [-0.15, -0.1) is 0 Å². The van der Waals surface area contributed by atoms with Crippen molar-refractivity contribution in [3.8, 4) is 11.5 Å². The molecule has 1 heterocycles. The summed E-state index contributed by atoms with van der Waals surface area (Å²) >= 11 is 0. The fourth-order valence-corrected chi connectivity index (χ4v) is 1.63. The fraction of sp³-hybridized carbons (Fsp3) is 0.538. The molecule has 0 saturated carbocycles. The smallest absolute Gasteiger partial charge is 0.161 e. The summed E-state index contributed by atoms with van der Waals surface area (Å²) in [6.45, 7) is 6.55. The van der Waals surface area contributed by atoms with Gasteiger partial charge in [0.2, 0.25) is 0 Å². The Kier molecular flexibility index (Phi) is 3.67. The largest absolute Gasteiger partial charge is 0.486 e. The van der Waals surface area contributed by atoms with E-state index in [9.17, 15) is 0 Å². The van der Waals surface area contributed by atoms with E-state index in [0.29, 0.717) is 19.3 Å². The molecule has 1 unspecified atom stereocenters. The molecular weight excluding hydrogens is 202 g/mol. The van der Waals surface area contributed by atoms with Gasteiger partial charge < -0.3 is 14.8 Å². The third-order valence-corrected chi connectivity index (χ3v) is 2.87. The van der Waals surface area contributed by atoms with E-state index in [2.05, 4.69) is 31.3 Å². The van der Waals surface area contributed by atoms with Crippen LogP contribution in [0.5, 0.6) is 11.5 Å². The number of rotatable bonds is 4. The van der Waals surface area contributed by atoms with Crippen molar-refractivity contribution < 1.29 is 9.47 Å². The summed E-state index contributed by atoms with van der Waals surface area (Å²) in [5.74, 6) is 1.73. The van der Waals surface area contributed by atoms with E-state index >= 15 is 0 Å². The monoisotopic (exact) mass is 221 g/mol. The molecule has 88 valence electrons. The molecule has 16 heavy (non-hydrogen) atoms. The first kappa shape index (κ1) is 11.3. The Bertz CT molecular complexity index is 352. The molecule has 3 heteroatoms. The van der Waals surface area contributed by atoms with Crippen LogP contribution in [0.15, 0.2) is 18.2 Å². The third-order valence-electron chi connectivity index (χ3n) is 2.87. The van der Waals surface area contributed by atoms with Gasteiger partial charge in [0, 0.05) is 12.6 Å². The zero-order valence-corrected chi connectivity index (χ0v) is 9.95. The lowest BCUT2D eigenvalue weighted by Gasteiger charge is -2.19. The zero-order chi connectivity index (χ0) is 11.4. The number of nitrogens with one attached hydrogen (secondary N) is 1. The lowest BCUT2D eigenvalue weighted by molar-refractivity contribution is 0.171. The normalized spacial score (nSPS) is 15.9. The highest BCUT2D eigenvalue weighted by Gasteiger charge is 2.11. The van der Waals surface area contributed by atoms with Crippen LogP contribution in [0.4, 0.5) is 0 Å². The molecule has 0 bridgehead atoms. The van der Waals surface area contributed by atoms with Crippen LogP contribution in [0, 0.1) is 0 Å². The highest BCUT2D eigenvalue weighted by atomic mass is 16.6. The molecule has 1 aliphatic rings. The molecule has 1 aromatic rings. The van der Waals surface area contributed by atoms with Crippen LogP contribution in [0.2, 0.25) is 0 Å². The van der Waals surface area contributed by atoms with Crippen molar-refractivity contribution in [3.63, 3.8) is 0 Å². The second kappa shape index (κ2) is 5.21. The fourth-order valence-electron chi connectivity index (χ4n) is 1.63. The van der Waals surface area contributed by atoms with Gasteiger partial charge in [0.25, 0.3) is 0 Å². The molecule has 2 rings (SSSR count). The summed E-state index contributed by atoms with van der Waals surface area (Å²) in [6.07, 6.45) is 1.14. The van der Waals surface area contributed by atoms with Gasteiger partial charge in [-0.25, -0.2) is 0 Å². The summed E-state index contributed by atoms with van der Waals surface area (Å²) in [5, 5.41) is 3.46. The summed E-state index contributed by atoms with van der Waals surface area (Å²) in [7, 11) is 0. The van der Waals surface area contributed by atoms with Gasteiger partial charge in [0.05, 0.1) is 0 Å². The molecule has 1 N–H and O–H groups in total. The van der Waals surface area contributed by atoms with Crippen molar-refractivity contribution in [2.45, 2.75) is 32.9 Å². The molecule has 1 aromatic carbocycles. The molecule has 1 aliphatic heterocycles. The van der Waals surface area contributed by atoms with Crippen molar-refractivity contribution in [2.75, 3.05) is 13.2 Å². The van der Waals surface area contributed by atoms with E-state index in [4.69, 9.17) is 9.47 Å². The predicted octanol–water partition coefficient (Wildman–Crippen LogP) is 2.35. The van der Waals surface area contributed by atoms with E-state index in [1.54, 1.807) is 0 Å². The quantitative estimate of drug-likeness (QED) is 0.846. The maximum atomic E-state index is 5.54. The summed E-state index contributed by atoms with van der Waals surface area (Å²) in [4.78, 5) is 0. The minimum atomic E-state index is 0.549. The second-order valence-electron chi connectivity index (χ2n) is 4.17. The Morgan fingerprint density at radius 1 is 1.25 bits per heavy atom. The van der Waals surface area contributed by atoms with Crippen molar-refractivity contribution in [2.24, 2.45) is 0 Å².